The van der Waals surface area contributed by atoms with E-state index < -0.39 is 5.60 Å². The van der Waals surface area contributed by atoms with Gasteiger partial charge in [-0.05, 0) is 24.6 Å². The number of amides is 1. The molecule has 0 spiro atoms. The van der Waals surface area contributed by atoms with Crippen LogP contribution in [-0.2, 0) is 27.3 Å². The van der Waals surface area contributed by atoms with Crippen LogP contribution < -0.4 is 0 Å². The molecule has 0 saturated carbocycles. The Balaban J connectivity index is 1.49. The SMILES string of the molecule is CC1(C)CC(=O)C=C(C(=O)N2CCc3onc(-c4cccc5ccccc45)c3C2)O1. The fourth-order valence-corrected chi connectivity index (χ4v) is 4.27. The van der Waals surface area contributed by atoms with Crippen LogP contribution in [0.25, 0.3) is 22.0 Å². The summed E-state index contributed by atoms with van der Waals surface area (Å²) < 4.78 is 11.4. The number of benzene rings is 2. The van der Waals surface area contributed by atoms with Crippen molar-refractivity contribution in [1.29, 1.82) is 0 Å². The van der Waals surface area contributed by atoms with Crippen LogP contribution in [0.5, 0.6) is 0 Å². The Morgan fingerprint density at radius 3 is 2.77 bits per heavy atom. The van der Waals surface area contributed by atoms with Crippen LogP contribution in [0, 0.1) is 0 Å². The first kappa shape index (κ1) is 18.6. The average molecular weight is 402 g/mol. The highest BCUT2D eigenvalue weighted by atomic mass is 16.5. The van der Waals surface area contributed by atoms with Crippen molar-refractivity contribution in [3.8, 4) is 11.3 Å². The summed E-state index contributed by atoms with van der Waals surface area (Å²) in [5.74, 6) is 0.556. The standard InChI is InChI=1S/C24H22N2O4/c1-24(2)13-16(27)12-21(29-24)23(28)26-11-10-20-19(14-26)22(25-30-20)18-9-5-7-15-6-3-4-8-17(15)18/h3-9,12H,10-11,13-14H2,1-2H3. The third-order valence-corrected chi connectivity index (χ3v) is 5.65. The van der Waals surface area contributed by atoms with Crippen molar-refractivity contribution in [3.63, 3.8) is 0 Å². The van der Waals surface area contributed by atoms with Crippen molar-refractivity contribution in [3.05, 3.63) is 65.6 Å². The summed E-state index contributed by atoms with van der Waals surface area (Å²) in [5, 5.41) is 6.56. The minimum atomic E-state index is -0.677. The maximum atomic E-state index is 13.1. The maximum absolute atomic E-state index is 13.1. The van der Waals surface area contributed by atoms with Crippen LogP contribution in [0.1, 0.15) is 31.6 Å². The first-order chi connectivity index (χ1) is 14.4. The largest absolute Gasteiger partial charge is 0.481 e. The highest BCUT2D eigenvalue weighted by Gasteiger charge is 2.35. The molecule has 0 aliphatic carbocycles. The molecular weight excluding hydrogens is 380 g/mol. The molecule has 0 atom stereocenters. The van der Waals surface area contributed by atoms with Crippen molar-refractivity contribution in [1.82, 2.24) is 10.1 Å². The second-order valence-corrected chi connectivity index (χ2v) is 8.45. The van der Waals surface area contributed by atoms with E-state index in [1.54, 1.807) is 4.90 Å². The molecule has 2 aliphatic rings. The van der Waals surface area contributed by atoms with E-state index >= 15 is 0 Å². The van der Waals surface area contributed by atoms with Gasteiger partial charge in [-0.3, -0.25) is 9.59 Å². The number of allylic oxidation sites excluding steroid dienone is 1. The molecule has 2 aromatic carbocycles. The monoisotopic (exact) mass is 402 g/mol. The third-order valence-electron chi connectivity index (χ3n) is 5.65. The molecule has 0 bridgehead atoms. The van der Waals surface area contributed by atoms with Crippen molar-refractivity contribution in [2.45, 2.75) is 38.8 Å². The van der Waals surface area contributed by atoms with Gasteiger partial charge in [0, 0.05) is 36.6 Å². The Kier molecular flexibility index (Phi) is 4.24. The smallest absolute Gasteiger partial charge is 0.289 e. The van der Waals surface area contributed by atoms with Crippen LogP contribution in [-0.4, -0.2) is 33.9 Å². The summed E-state index contributed by atoms with van der Waals surface area (Å²) in [4.78, 5) is 26.9. The van der Waals surface area contributed by atoms with Crippen molar-refractivity contribution < 1.29 is 18.8 Å². The fraction of sp³-hybridized carbons (Fsp3) is 0.292. The lowest BCUT2D eigenvalue weighted by molar-refractivity contribution is -0.138. The van der Waals surface area contributed by atoms with Gasteiger partial charge in [0.2, 0.25) is 0 Å². The minimum Gasteiger partial charge on any atom is -0.481 e. The summed E-state index contributed by atoms with van der Waals surface area (Å²) in [6.07, 6.45) is 2.16. The minimum absolute atomic E-state index is 0.0891. The molecule has 0 N–H and O–H groups in total. The van der Waals surface area contributed by atoms with E-state index in [2.05, 4.69) is 23.4 Å². The second kappa shape index (κ2) is 6.83. The molecule has 0 unspecified atom stereocenters. The molecule has 0 radical (unpaired) electrons. The number of carbonyl (C=O) groups excluding carboxylic acids is 2. The number of carbonyl (C=O) groups is 2. The number of fused-ring (bicyclic) bond motifs is 2. The highest BCUT2D eigenvalue weighted by Crippen LogP contribution is 2.35. The summed E-state index contributed by atoms with van der Waals surface area (Å²) in [7, 11) is 0. The zero-order valence-corrected chi connectivity index (χ0v) is 17.0. The average Bonchev–Trinajstić information content (AvgIpc) is 3.14. The van der Waals surface area contributed by atoms with E-state index in [1.165, 1.54) is 6.08 Å². The van der Waals surface area contributed by atoms with Crippen molar-refractivity contribution in [2.24, 2.45) is 0 Å². The maximum Gasteiger partial charge on any atom is 0.289 e. The molecule has 1 amide bonds. The molecule has 0 fully saturated rings. The van der Waals surface area contributed by atoms with Gasteiger partial charge in [-0.25, -0.2) is 0 Å². The number of ether oxygens (including phenoxy) is 1. The Labute approximate surface area is 174 Å². The van der Waals surface area contributed by atoms with E-state index in [-0.39, 0.29) is 23.9 Å². The van der Waals surface area contributed by atoms with Gasteiger partial charge in [0.1, 0.15) is 17.1 Å². The Morgan fingerprint density at radius 2 is 1.93 bits per heavy atom. The number of aromatic nitrogens is 1. The van der Waals surface area contributed by atoms with Crippen LogP contribution in [0.2, 0.25) is 0 Å². The zero-order valence-electron chi connectivity index (χ0n) is 17.0. The predicted octanol–water partition coefficient (Wildman–Crippen LogP) is 4.03. The number of hydrogen-bond acceptors (Lipinski definition) is 5. The quantitative estimate of drug-likeness (QED) is 0.647. The summed E-state index contributed by atoms with van der Waals surface area (Å²) >= 11 is 0. The molecule has 0 saturated heterocycles. The zero-order chi connectivity index (χ0) is 20.9. The van der Waals surface area contributed by atoms with Crippen LogP contribution >= 0.6 is 0 Å². The second-order valence-electron chi connectivity index (χ2n) is 8.45. The molecule has 2 aliphatic heterocycles. The topological polar surface area (TPSA) is 72.6 Å². The van der Waals surface area contributed by atoms with Crippen molar-refractivity contribution in [2.75, 3.05) is 6.54 Å². The third kappa shape index (κ3) is 3.18. The summed E-state index contributed by atoms with van der Waals surface area (Å²) in [5.41, 5.74) is 1.97. The fourth-order valence-electron chi connectivity index (χ4n) is 4.27. The van der Waals surface area contributed by atoms with Gasteiger partial charge in [0.15, 0.2) is 11.5 Å². The molecule has 30 heavy (non-hydrogen) atoms. The predicted molar refractivity (Wildman–Crippen MR) is 111 cm³/mol. The lowest BCUT2D eigenvalue weighted by Crippen LogP contribution is -2.41. The number of hydrogen-bond donors (Lipinski definition) is 0. The lowest BCUT2D eigenvalue weighted by Gasteiger charge is -2.33. The molecule has 5 rings (SSSR count). The van der Waals surface area contributed by atoms with Crippen LogP contribution in [0.15, 0.2) is 58.8 Å². The van der Waals surface area contributed by atoms with E-state index in [4.69, 9.17) is 9.26 Å². The lowest BCUT2D eigenvalue weighted by atomic mass is 9.96. The van der Waals surface area contributed by atoms with Crippen LogP contribution in [0.4, 0.5) is 0 Å². The normalized spacial score (nSPS) is 18.0. The van der Waals surface area contributed by atoms with Crippen molar-refractivity contribution >= 4 is 22.5 Å². The number of rotatable bonds is 2. The summed E-state index contributed by atoms with van der Waals surface area (Å²) in [6.45, 7) is 4.49. The van der Waals surface area contributed by atoms with E-state index in [0.717, 1.165) is 33.4 Å². The number of ketones is 1. The van der Waals surface area contributed by atoms with E-state index in [1.807, 2.05) is 38.1 Å². The van der Waals surface area contributed by atoms with E-state index in [0.29, 0.717) is 19.5 Å². The van der Waals surface area contributed by atoms with Gasteiger partial charge in [-0.2, -0.15) is 0 Å². The molecule has 3 heterocycles. The van der Waals surface area contributed by atoms with Crippen LogP contribution in [0.3, 0.4) is 0 Å². The molecule has 6 nitrogen and oxygen atoms in total. The number of nitrogens with zero attached hydrogens (tertiary/aromatic N) is 2. The molecule has 1 aromatic heterocycles. The van der Waals surface area contributed by atoms with Gasteiger partial charge in [0.25, 0.3) is 5.91 Å². The molecule has 3 aromatic rings. The van der Waals surface area contributed by atoms with Gasteiger partial charge >= 0.3 is 0 Å². The van der Waals surface area contributed by atoms with E-state index in [9.17, 15) is 9.59 Å². The van der Waals surface area contributed by atoms with Gasteiger partial charge in [0.05, 0.1) is 6.54 Å². The van der Waals surface area contributed by atoms with Gasteiger partial charge < -0.3 is 14.2 Å². The summed E-state index contributed by atoms with van der Waals surface area (Å²) in [6, 6.07) is 14.2. The Hall–Kier alpha value is -3.41. The first-order valence-corrected chi connectivity index (χ1v) is 10.1. The first-order valence-electron chi connectivity index (χ1n) is 10.1. The highest BCUT2D eigenvalue weighted by molar-refractivity contribution is 6.02. The van der Waals surface area contributed by atoms with Gasteiger partial charge in [-0.1, -0.05) is 47.6 Å². The van der Waals surface area contributed by atoms with Gasteiger partial charge in [-0.15, -0.1) is 0 Å². The molecular formula is C24H22N2O4. The molecule has 6 heteroatoms. The molecule has 152 valence electrons. The Morgan fingerprint density at radius 1 is 1.13 bits per heavy atom. The Bertz CT molecular complexity index is 1200.